The number of likely N-dealkylation sites (tertiary alicyclic amines) is 1. The maximum Gasteiger partial charge on any atom is 0.251 e. The molecule has 108 valence electrons. The number of rotatable bonds is 3. The summed E-state index contributed by atoms with van der Waals surface area (Å²) in [6.45, 7) is 3.23. The number of nitrogens with zero attached hydrogens (tertiary/aromatic N) is 1. The third-order valence-corrected chi connectivity index (χ3v) is 3.69. The molecule has 0 unspecified atom stereocenters. The van der Waals surface area contributed by atoms with Crippen molar-refractivity contribution in [3.63, 3.8) is 0 Å². The Morgan fingerprint density at radius 3 is 2.25 bits per heavy atom. The predicted octanol–water partition coefficient (Wildman–Crippen LogP) is 1.47. The van der Waals surface area contributed by atoms with E-state index in [1.807, 2.05) is 29.2 Å². The molecule has 1 heterocycles. The highest BCUT2D eigenvalue weighted by atomic mass is 16.2. The molecule has 0 radical (unpaired) electrons. The van der Waals surface area contributed by atoms with Gasteiger partial charge in [0.15, 0.2) is 0 Å². The van der Waals surface area contributed by atoms with Crippen LogP contribution in [0.2, 0.25) is 0 Å². The molecule has 1 saturated heterocycles. The Hall–Kier alpha value is -2.04. The van der Waals surface area contributed by atoms with E-state index < -0.39 is 0 Å². The Morgan fingerprint density at radius 1 is 1.15 bits per heavy atom. The van der Waals surface area contributed by atoms with Gasteiger partial charge in [0.1, 0.15) is 0 Å². The lowest BCUT2D eigenvalue weighted by Gasteiger charge is -2.32. The van der Waals surface area contributed by atoms with E-state index in [0.29, 0.717) is 11.6 Å². The van der Waals surface area contributed by atoms with Gasteiger partial charge in [-0.2, -0.15) is 0 Å². The quantitative estimate of drug-likeness (QED) is 0.878. The first-order valence-electron chi connectivity index (χ1n) is 6.94. The minimum atomic E-state index is -0.0775. The maximum atomic E-state index is 11.4. The molecule has 1 aliphatic rings. The Kier molecular flexibility index (Phi) is 4.61. The highest BCUT2D eigenvalue weighted by Gasteiger charge is 2.20. The number of carbonyl (C=O) groups excluding carboxylic acids is 2. The summed E-state index contributed by atoms with van der Waals surface area (Å²) < 4.78 is 0. The van der Waals surface area contributed by atoms with Gasteiger partial charge in [0.2, 0.25) is 5.91 Å². The Morgan fingerprint density at radius 2 is 1.75 bits per heavy atom. The smallest absolute Gasteiger partial charge is 0.251 e. The molecule has 0 atom stereocenters. The topological polar surface area (TPSA) is 61.4 Å². The van der Waals surface area contributed by atoms with Crippen molar-refractivity contribution in [2.75, 3.05) is 25.5 Å². The van der Waals surface area contributed by atoms with Gasteiger partial charge in [-0.1, -0.05) is 0 Å². The summed E-state index contributed by atoms with van der Waals surface area (Å²) in [5.74, 6) is 0.0738. The molecule has 0 aromatic heterocycles. The predicted molar refractivity (Wildman–Crippen MR) is 78.7 cm³/mol. The largest absolute Gasteiger partial charge is 0.382 e. The molecular formula is C15H21N3O2. The Bertz CT molecular complexity index is 476. The Labute approximate surface area is 119 Å². The van der Waals surface area contributed by atoms with Gasteiger partial charge in [0.25, 0.3) is 5.91 Å². The van der Waals surface area contributed by atoms with E-state index in [9.17, 15) is 9.59 Å². The molecule has 2 N–H and O–H groups in total. The Balaban J connectivity index is 1.88. The van der Waals surface area contributed by atoms with Crippen molar-refractivity contribution < 1.29 is 9.59 Å². The molecule has 20 heavy (non-hydrogen) atoms. The fraction of sp³-hybridized carbons (Fsp3) is 0.467. The van der Waals surface area contributed by atoms with Gasteiger partial charge in [-0.3, -0.25) is 9.59 Å². The zero-order valence-electron chi connectivity index (χ0n) is 12.0. The first-order valence-corrected chi connectivity index (χ1v) is 6.94. The third kappa shape index (κ3) is 3.50. The number of hydrogen-bond donors (Lipinski definition) is 2. The molecule has 1 aliphatic heterocycles. The van der Waals surface area contributed by atoms with E-state index in [4.69, 9.17) is 0 Å². The van der Waals surface area contributed by atoms with E-state index >= 15 is 0 Å². The fourth-order valence-electron chi connectivity index (χ4n) is 2.44. The lowest BCUT2D eigenvalue weighted by Crippen LogP contribution is -2.41. The molecule has 2 amide bonds. The number of benzene rings is 1. The van der Waals surface area contributed by atoms with Crippen molar-refractivity contribution in [3.8, 4) is 0 Å². The summed E-state index contributed by atoms with van der Waals surface area (Å²) in [4.78, 5) is 24.6. The van der Waals surface area contributed by atoms with Gasteiger partial charge in [-0.25, -0.2) is 0 Å². The molecule has 5 heteroatoms. The van der Waals surface area contributed by atoms with Crippen LogP contribution >= 0.6 is 0 Å². The van der Waals surface area contributed by atoms with Crippen LogP contribution in [0.3, 0.4) is 0 Å². The van der Waals surface area contributed by atoms with Crippen LogP contribution in [0.5, 0.6) is 0 Å². The molecule has 1 aromatic carbocycles. The number of piperidine rings is 1. The van der Waals surface area contributed by atoms with Crippen molar-refractivity contribution in [2.45, 2.75) is 25.8 Å². The van der Waals surface area contributed by atoms with Crippen LogP contribution in [-0.2, 0) is 4.79 Å². The average molecular weight is 275 g/mol. The second-order valence-electron chi connectivity index (χ2n) is 5.08. The summed E-state index contributed by atoms with van der Waals surface area (Å²) in [5.41, 5.74) is 1.67. The molecule has 1 fully saturated rings. The normalized spacial score (nSPS) is 15.8. The van der Waals surface area contributed by atoms with Gasteiger partial charge >= 0.3 is 0 Å². The van der Waals surface area contributed by atoms with Crippen molar-refractivity contribution in [2.24, 2.45) is 0 Å². The lowest BCUT2D eigenvalue weighted by molar-refractivity contribution is -0.129. The van der Waals surface area contributed by atoms with Crippen LogP contribution in [0.4, 0.5) is 5.69 Å². The van der Waals surface area contributed by atoms with Gasteiger partial charge in [-0.15, -0.1) is 0 Å². The molecular weight excluding hydrogens is 254 g/mol. The van der Waals surface area contributed by atoms with Crippen LogP contribution in [0.1, 0.15) is 30.1 Å². The zero-order chi connectivity index (χ0) is 14.5. The number of hydrogen-bond acceptors (Lipinski definition) is 3. The fourth-order valence-corrected chi connectivity index (χ4v) is 2.44. The average Bonchev–Trinajstić information content (AvgIpc) is 2.48. The zero-order valence-corrected chi connectivity index (χ0v) is 12.0. The summed E-state index contributed by atoms with van der Waals surface area (Å²) in [6, 6.07) is 7.85. The number of nitrogens with one attached hydrogen (secondary N) is 2. The summed E-state index contributed by atoms with van der Waals surface area (Å²) in [5, 5.41) is 6.06. The first-order chi connectivity index (χ1) is 9.60. The number of carbonyl (C=O) groups is 2. The number of amides is 2. The summed E-state index contributed by atoms with van der Waals surface area (Å²) in [6.07, 6.45) is 1.91. The van der Waals surface area contributed by atoms with Crippen LogP contribution in [0.15, 0.2) is 24.3 Å². The molecule has 0 spiro atoms. The second kappa shape index (κ2) is 6.41. The van der Waals surface area contributed by atoms with Crippen LogP contribution in [-0.4, -0.2) is 42.9 Å². The van der Waals surface area contributed by atoms with E-state index in [2.05, 4.69) is 10.6 Å². The lowest BCUT2D eigenvalue weighted by atomic mass is 10.0. The summed E-state index contributed by atoms with van der Waals surface area (Å²) in [7, 11) is 1.62. The molecule has 5 nitrogen and oxygen atoms in total. The molecule has 2 rings (SSSR count). The van der Waals surface area contributed by atoms with Crippen LogP contribution in [0.25, 0.3) is 0 Å². The molecule has 0 saturated carbocycles. The summed E-state index contributed by atoms with van der Waals surface area (Å²) >= 11 is 0. The highest BCUT2D eigenvalue weighted by Crippen LogP contribution is 2.17. The minimum absolute atomic E-state index is 0.0775. The SMILES string of the molecule is CNC(=O)c1ccc(NC2CCN(C(C)=O)CC2)cc1. The van der Waals surface area contributed by atoms with Crippen LogP contribution < -0.4 is 10.6 Å². The van der Waals surface area contributed by atoms with Gasteiger partial charge in [-0.05, 0) is 37.1 Å². The van der Waals surface area contributed by atoms with E-state index in [0.717, 1.165) is 31.6 Å². The minimum Gasteiger partial charge on any atom is -0.382 e. The van der Waals surface area contributed by atoms with Gasteiger partial charge in [0.05, 0.1) is 0 Å². The van der Waals surface area contributed by atoms with E-state index in [1.165, 1.54) is 0 Å². The molecule has 0 bridgehead atoms. The highest BCUT2D eigenvalue weighted by molar-refractivity contribution is 5.94. The van der Waals surface area contributed by atoms with E-state index in [1.54, 1.807) is 14.0 Å². The molecule has 1 aromatic rings. The van der Waals surface area contributed by atoms with Crippen LogP contribution in [0, 0.1) is 0 Å². The second-order valence-corrected chi connectivity index (χ2v) is 5.08. The first kappa shape index (κ1) is 14.4. The monoisotopic (exact) mass is 275 g/mol. The van der Waals surface area contributed by atoms with Crippen molar-refractivity contribution in [1.29, 1.82) is 0 Å². The van der Waals surface area contributed by atoms with Crippen molar-refractivity contribution in [3.05, 3.63) is 29.8 Å². The standard InChI is InChI=1S/C15H21N3O2/c1-11(19)18-9-7-14(8-10-18)17-13-5-3-12(4-6-13)15(20)16-2/h3-6,14,17H,7-10H2,1-2H3,(H,16,20). The van der Waals surface area contributed by atoms with Crippen molar-refractivity contribution >= 4 is 17.5 Å². The van der Waals surface area contributed by atoms with E-state index in [-0.39, 0.29) is 11.8 Å². The third-order valence-electron chi connectivity index (χ3n) is 3.69. The van der Waals surface area contributed by atoms with Gasteiger partial charge < -0.3 is 15.5 Å². The molecule has 0 aliphatic carbocycles. The maximum absolute atomic E-state index is 11.4. The number of anilines is 1. The van der Waals surface area contributed by atoms with Gasteiger partial charge in [0, 0.05) is 44.4 Å². The van der Waals surface area contributed by atoms with Crippen molar-refractivity contribution in [1.82, 2.24) is 10.2 Å².